The molecule has 2 rings (SSSR count). The molecular weight excluding hydrogens is 331 g/mol. The van der Waals surface area contributed by atoms with Gasteiger partial charge in [0.25, 0.3) is 5.91 Å². The van der Waals surface area contributed by atoms with E-state index in [1.54, 1.807) is 6.07 Å². The number of aryl methyl sites for hydroxylation is 3. The molecule has 140 valence electrons. The Kier molecular flexibility index (Phi) is 6.37. The second-order valence-corrected chi connectivity index (χ2v) is 6.98. The Labute approximate surface area is 155 Å². The van der Waals surface area contributed by atoms with Gasteiger partial charge in [0.2, 0.25) is 0 Å². The van der Waals surface area contributed by atoms with Gasteiger partial charge in [-0.1, -0.05) is 17.7 Å². The fourth-order valence-electron chi connectivity index (χ4n) is 3.13. The zero-order valence-electron chi connectivity index (χ0n) is 16.4. The summed E-state index contributed by atoms with van der Waals surface area (Å²) < 4.78 is 18.8. The van der Waals surface area contributed by atoms with Gasteiger partial charge in [-0.2, -0.15) is 0 Å². The molecule has 0 aliphatic carbocycles. The number of benzene rings is 2. The Hall–Kier alpha value is -2.40. The topological polar surface area (TPSA) is 42.8 Å². The minimum atomic E-state index is -0.388. The molecule has 0 saturated carbocycles. The quantitative estimate of drug-likeness (QED) is 0.833. The zero-order chi connectivity index (χ0) is 19.4. The van der Waals surface area contributed by atoms with Crippen molar-refractivity contribution in [1.82, 2.24) is 0 Å². The van der Waals surface area contributed by atoms with E-state index in [1.807, 2.05) is 40.8 Å². The van der Waals surface area contributed by atoms with Crippen molar-refractivity contribution in [1.29, 1.82) is 0 Å². The molecule has 2 N–H and O–H groups in total. The number of quaternary nitrogens is 1. The average molecular weight is 359 g/mol. The van der Waals surface area contributed by atoms with Crippen LogP contribution in [0, 0.1) is 26.6 Å². The Bertz CT molecular complexity index is 782. The molecule has 0 heterocycles. The molecule has 2 aromatic rings. The lowest BCUT2D eigenvalue weighted by Gasteiger charge is -2.22. The minimum absolute atomic E-state index is 0.0495. The van der Waals surface area contributed by atoms with Crippen LogP contribution in [0.3, 0.4) is 0 Å². The number of amides is 1. The molecule has 0 saturated heterocycles. The molecule has 0 aromatic heterocycles. The number of likely N-dealkylation sites (N-methyl/N-ethyl adjacent to an activating group) is 1. The van der Waals surface area contributed by atoms with Crippen LogP contribution in [0.15, 0.2) is 30.3 Å². The van der Waals surface area contributed by atoms with Crippen LogP contribution in [0.5, 0.6) is 5.75 Å². The maximum absolute atomic E-state index is 13.9. The van der Waals surface area contributed by atoms with Gasteiger partial charge in [0.1, 0.15) is 6.54 Å². The molecule has 0 spiro atoms. The molecule has 0 aliphatic heterocycles. The Balaban J connectivity index is 2.07. The van der Waals surface area contributed by atoms with E-state index in [1.165, 1.54) is 18.7 Å². The van der Waals surface area contributed by atoms with Gasteiger partial charge < -0.3 is 15.0 Å². The van der Waals surface area contributed by atoms with E-state index < -0.39 is 0 Å². The number of hydrogen-bond acceptors (Lipinski definition) is 2. The summed E-state index contributed by atoms with van der Waals surface area (Å²) in [5, 5.41) is 3.05. The van der Waals surface area contributed by atoms with E-state index >= 15 is 0 Å². The van der Waals surface area contributed by atoms with Crippen molar-refractivity contribution in [3.8, 4) is 5.75 Å². The molecule has 5 heteroatoms. The lowest BCUT2D eigenvalue weighted by molar-refractivity contribution is -0.907. The summed E-state index contributed by atoms with van der Waals surface area (Å²) >= 11 is 0. The molecule has 4 nitrogen and oxygen atoms in total. The maximum atomic E-state index is 13.9. The van der Waals surface area contributed by atoms with E-state index in [-0.39, 0.29) is 23.5 Å². The second-order valence-electron chi connectivity index (χ2n) is 6.98. The normalized spacial score (nSPS) is 13.2. The van der Waals surface area contributed by atoms with Crippen LogP contribution in [0.25, 0.3) is 0 Å². The van der Waals surface area contributed by atoms with Gasteiger partial charge in [0.15, 0.2) is 17.6 Å². The first-order valence-corrected chi connectivity index (χ1v) is 8.76. The van der Waals surface area contributed by atoms with Crippen LogP contribution in [0.4, 0.5) is 10.1 Å². The van der Waals surface area contributed by atoms with Gasteiger partial charge in [-0.3, -0.25) is 4.79 Å². The number of rotatable bonds is 6. The van der Waals surface area contributed by atoms with Gasteiger partial charge in [-0.25, -0.2) is 4.39 Å². The van der Waals surface area contributed by atoms with Crippen LogP contribution < -0.4 is 15.0 Å². The zero-order valence-corrected chi connectivity index (χ0v) is 16.4. The van der Waals surface area contributed by atoms with Crippen molar-refractivity contribution in [2.75, 3.05) is 19.5 Å². The summed E-state index contributed by atoms with van der Waals surface area (Å²) in [6.07, 6.45) is 0. The predicted octanol–water partition coefficient (Wildman–Crippen LogP) is 2.80. The second kappa shape index (κ2) is 8.32. The summed E-state index contributed by atoms with van der Waals surface area (Å²) in [6.45, 7) is 8.46. The standard InChI is InChI=1S/C21H27FN2O2/c1-13-9-14(2)20(15(3)10-13)23-21(25)16(4)24(5)12-17-7-8-19(26-6)18(22)11-17/h7-11,16H,12H2,1-6H3,(H,23,25)/p+1/t16-/m0/s1. The Morgan fingerprint density at radius 3 is 2.35 bits per heavy atom. The van der Waals surface area contributed by atoms with Gasteiger partial charge in [0, 0.05) is 11.3 Å². The molecule has 0 bridgehead atoms. The maximum Gasteiger partial charge on any atom is 0.282 e. The molecule has 0 radical (unpaired) electrons. The average Bonchev–Trinajstić information content (AvgIpc) is 2.57. The fourth-order valence-corrected chi connectivity index (χ4v) is 3.13. The third-order valence-corrected chi connectivity index (χ3v) is 4.76. The number of anilines is 1. The van der Waals surface area contributed by atoms with Crippen molar-refractivity contribution >= 4 is 11.6 Å². The Morgan fingerprint density at radius 1 is 1.19 bits per heavy atom. The largest absolute Gasteiger partial charge is 0.494 e. The highest BCUT2D eigenvalue weighted by atomic mass is 19.1. The van der Waals surface area contributed by atoms with E-state index in [2.05, 4.69) is 17.4 Å². The lowest BCUT2D eigenvalue weighted by Crippen LogP contribution is -3.12. The van der Waals surface area contributed by atoms with E-state index in [0.29, 0.717) is 6.54 Å². The van der Waals surface area contributed by atoms with Crippen LogP contribution >= 0.6 is 0 Å². The van der Waals surface area contributed by atoms with E-state index in [4.69, 9.17) is 4.74 Å². The van der Waals surface area contributed by atoms with Crippen molar-refractivity contribution in [2.45, 2.75) is 40.3 Å². The first-order valence-electron chi connectivity index (χ1n) is 8.76. The van der Waals surface area contributed by atoms with Gasteiger partial charge in [0.05, 0.1) is 14.2 Å². The van der Waals surface area contributed by atoms with Crippen molar-refractivity contribution < 1.29 is 18.8 Å². The highest BCUT2D eigenvalue weighted by molar-refractivity contribution is 5.95. The number of carbonyl (C=O) groups is 1. The van der Waals surface area contributed by atoms with Crippen LogP contribution in [-0.2, 0) is 11.3 Å². The number of nitrogens with one attached hydrogen (secondary N) is 2. The predicted molar refractivity (Wildman–Crippen MR) is 102 cm³/mol. The summed E-state index contributed by atoms with van der Waals surface area (Å²) in [7, 11) is 3.37. The summed E-state index contributed by atoms with van der Waals surface area (Å²) in [5.41, 5.74) is 4.98. The third-order valence-electron chi connectivity index (χ3n) is 4.76. The molecule has 26 heavy (non-hydrogen) atoms. The minimum Gasteiger partial charge on any atom is -0.494 e. The highest BCUT2D eigenvalue weighted by Gasteiger charge is 2.23. The van der Waals surface area contributed by atoms with Crippen molar-refractivity contribution in [3.05, 3.63) is 58.4 Å². The SMILES string of the molecule is COc1ccc(C[NH+](C)[C@@H](C)C(=O)Nc2c(C)cc(C)cc2C)cc1F. The number of carbonyl (C=O) groups excluding carboxylic acids is 1. The highest BCUT2D eigenvalue weighted by Crippen LogP contribution is 2.22. The van der Waals surface area contributed by atoms with Gasteiger partial charge >= 0.3 is 0 Å². The van der Waals surface area contributed by atoms with E-state index in [9.17, 15) is 9.18 Å². The third kappa shape index (κ3) is 4.61. The summed E-state index contributed by atoms with van der Waals surface area (Å²) in [5.74, 6) is -0.213. The van der Waals surface area contributed by atoms with Crippen molar-refractivity contribution in [2.24, 2.45) is 0 Å². The molecule has 2 aromatic carbocycles. The molecule has 1 unspecified atom stereocenters. The Morgan fingerprint density at radius 2 is 1.81 bits per heavy atom. The molecule has 0 aliphatic rings. The molecule has 0 fully saturated rings. The van der Waals surface area contributed by atoms with Gasteiger partial charge in [-0.05, 0) is 57.0 Å². The number of hydrogen-bond donors (Lipinski definition) is 2. The number of ether oxygens (including phenoxy) is 1. The van der Waals surface area contributed by atoms with Crippen molar-refractivity contribution in [3.63, 3.8) is 0 Å². The smallest absolute Gasteiger partial charge is 0.282 e. The molecule has 1 amide bonds. The first-order chi connectivity index (χ1) is 12.2. The fraction of sp³-hybridized carbons (Fsp3) is 0.381. The number of methoxy groups -OCH3 is 1. The van der Waals surface area contributed by atoms with Crippen LogP contribution in [-0.4, -0.2) is 26.1 Å². The molecular formula is C21H28FN2O2+. The number of halogens is 1. The van der Waals surface area contributed by atoms with Crippen LogP contribution in [0.2, 0.25) is 0 Å². The van der Waals surface area contributed by atoms with Gasteiger partial charge in [-0.15, -0.1) is 0 Å². The first kappa shape index (κ1) is 19.9. The summed E-state index contributed by atoms with van der Waals surface area (Å²) in [4.78, 5) is 13.7. The molecule has 2 atom stereocenters. The summed E-state index contributed by atoms with van der Waals surface area (Å²) in [6, 6.07) is 8.74. The van der Waals surface area contributed by atoms with E-state index in [0.717, 1.165) is 27.3 Å². The lowest BCUT2D eigenvalue weighted by atomic mass is 10.0. The monoisotopic (exact) mass is 359 g/mol. The van der Waals surface area contributed by atoms with Crippen LogP contribution in [0.1, 0.15) is 29.2 Å².